The van der Waals surface area contributed by atoms with Crippen LogP contribution in [0.4, 0.5) is 4.39 Å². The van der Waals surface area contributed by atoms with E-state index in [-0.39, 0.29) is 11.6 Å². The molecule has 5 heteroatoms. The van der Waals surface area contributed by atoms with Crippen LogP contribution in [0.1, 0.15) is 25.0 Å². The van der Waals surface area contributed by atoms with Gasteiger partial charge in [0.25, 0.3) is 0 Å². The molecule has 0 spiro atoms. The summed E-state index contributed by atoms with van der Waals surface area (Å²) in [5, 5.41) is 0. The maximum absolute atomic E-state index is 13.6. The Bertz CT molecular complexity index is 858. The van der Waals surface area contributed by atoms with E-state index in [9.17, 15) is 9.18 Å². The Balaban J connectivity index is 2.20. The van der Waals surface area contributed by atoms with E-state index in [4.69, 9.17) is 4.74 Å². The average molecular weight is 407 g/mol. The molecule has 1 aliphatic rings. The highest BCUT2D eigenvalue weighted by Gasteiger charge is 2.42. The van der Waals surface area contributed by atoms with Gasteiger partial charge in [0, 0.05) is 14.9 Å². The lowest BCUT2D eigenvalue weighted by molar-refractivity contribution is -0.125. The molecule has 1 aliphatic heterocycles. The number of Topliss-reactive ketones (excluding diaryl/α,β-unsaturated/α-hetero) is 1. The number of carbonyl (C=O) groups excluding carboxylic acids is 1. The van der Waals surface area contributed by atoms with E-state index in [0.717, 1.165) is 14.9 Å². The summed E-state index contributed by atoms with van der Waals surface area (Å²) in [7, 11) is 0. The molecule has 3 rings (SSSR count). The second-order valence-corrected chi connectivity index (χ2v) is 7.71. The van der Waals surface area contributed by atoms with Crippen LogP contribution in [0.15, 0.2) is 51.8 Å². The number of thioether (sulfide) groups is 1. The van der Waals surface area contributed by atoms with Crippen molar-refractivity contribution in [3.05, 3.63) is 63.9 Å². The van der Waals surface area contributed by atoms with Gasteiger partial charge in [-0.25, -0.2) is 4.39 Å². The van der Waals surface area contributed by atoms with E-state index in [0.29, 0.717) is 16.9 Å². The fourth-order valence-corrected chi connectivity index (χ4v) is 4.00. The minimum Gasteiger partial charge on any atom is -0.478 e. The lowest BCUT2D eigenvalue weighted by Gasteiger charge is -2.18. The fraction of sp³-hybridized carbons (Fsp3) is 0.211. The van der Waals surface area contributed by atoms with Crippen LogP contribution >= 0.6 is 27.7 Å². The number of hydrogen-bond acceptors (Lipinski definition) is 3. The van der Waals surface area contributed by atoms with Crippen molar-refractivity contribution in [2.45, 2.75) is 24.3 Å². The number of ether oxygens (including phenoxy) is 1. The monoisotopic (exact) mass is 406 g/mol. The molecule has 0 unspecified atom stereocenters. The highest BCUT2D eigenvalue weighted by atomic mass is 79.9. The van der Waals surface area contributed by atoms with Gasteiger partial charge in [0.15, 0.2) is 5.60 Å². The lowest BCUT2D eigenvalue weighted by atomic mass is 9.92. The zero-order chi connectivity index (χ0) is 17.5. The smallest absolute Gasteiger partial charge is 0.210 e. The zero-order valence-electron chi connectivity index (χ0n) is 13.5. The van der Waals surface area contributed by atoms with Gasteiger partial charge in [0.2, 0.25) is 5.78 Å². The first-order valence-corrected chi connectivity index (χ1v) is 9.43. The van der Waals surface area contributed by atoms with E-state index >= 15 is 0 Å². The summed E-state index contributed by atoms with van der Waals surface area (Å²) in [5.41, 5.74) is 0.772. The van der Waals surface area contributed by atoms with E-state index in [1.54, 1.807) is 37.7 Å². The van der Waals surface area contributed by atoms with Gasteiger partial charge in [-0.3, -0.25) is 4.79 Å². The summed E-state index contributed by atoms with van der Waals surface area (Å²) in [6.45, 7) is 3.46. The van der Waals surface area contributed by atoms with Gasteiger partial charge >= 0.3 is 0 Å². The van der Waals surface area contributed by atoms with Crippen molar-refractivity contribution in [1.82, 2.24) is 0 Å². The van der Waals surface area contributed by atoms with Gasteiger partial charge < -0.3 is 4.74 Å². The van der Waals surface area contributed by atoms with Gasteiger partial charge in [-0.15, -0.1) is 11.8 Å². The van der Waals surface area contributed by atoms with E-state index < -0.39 is 5.60 Å². The van der Waals surface area contributed by atoms with Crippen molar-refractivity contribution < 1.29 is 13.9 Å². The summed E-state index contributed by atoms with van der Waals surface area (Å²) in [4.78, 5) is 13.9. The second kappa shape index (κ2) is 6.37. The molecule has 1 heterocycles. The molecule has 0 N–H and O–H groups in total. The van der Waals surface area contributed by atoms with Crippen molar-refractivity contribution >= 4 is 44.8 Å². The molecule has 24 heavy (non-hydrogen) atoms. The van der Waals surface area contributed by atoms with Crippen LogP contribution in [0.2, 0.25) is 0 Å². The molecule has 2 aromatic carbocycles. The minimum absolute atomic E-state index is 0.145. The quantitative estimate of drug-likeness (QED) is 0.624. The third-order valence-electron chi connectivity index (χ3n) is 3.89. The fourth-order valence-electron chi connectivity index (χ4n) is 2.67. The molecule has 124 valence electrons. The third-order valence-corrected chi connectivity index (χ3v) is 5.60. The van der Waals surface area contributed by atoms with Crippen LogP contribution in [0.3, 0.4) is 0 Å². The van der Waals surface area contributed by atoms with Crippen LogP contribution < -0.4 is 0 Å². The van der Waals surface area contributed by atoms with Crippen molar-refractivity contribution in [1.29, 1.82) is 0 Å². The predicted octanol–water partition coefficient (Wildman–Crippen LogP) is 5.56. The molecule has 0 radical (unpaired) electrons. The molecule has 0 atom stereocenters. The number of benzene rings is 2. The Hall–Kier alpha value is -1.59. The summed E-state index contributed by atoms with van der Waals surface area (Å²) in [6, 6.07) is 11.9. The van der Waals surface area contributed by atoms with E-state index in [1.165, 1.54) is 12.1 Å². The number of hydrogen-bond donors (Lipinski definition) is 0. The SMILES string of the molecule is CSc1ccc(C2=C(c3cccc(F)c3)C(=O)C(C)(C)O2)cc1Br. The molecular formula is C19H16BrFO2S. The van der Waals surface area contributed by atoms with Crippen LogP contribution in [0.5, 0.6) is 0 Å². The largest absolute Gasteiger partial charge is 0.478 e. The maximum atomic E-state index is 13.6. The van der Waals surface area contributed by atoms with Crippen LogP contribution in [0, 0.1) is 5.82 Å². The molecule has 2 nitrogen and oxygen atoms in total. The zero-order valence-corrected chi connectivity index (χ0v) is 15.9. The lowest BCUT2D eigenvalue weighted by Crippen LogP contribution is -2.29. The Morgan fingerprint density at radius 2 is 1.88 bits per heavy atom. The van der Waals surface area contributed by atoms with Crippen molar-refractivity contribution in [3.8, 4) is 0 Å². The second-order valence-electron chi connectivity index (χ2n) is 6.01. The van der Waals surface area contributed by atoms with Crippen molar-refractivity contribution in [3.63, 3.8) is 0 Å². The number of ketones is 1. The van der Waals surface area contributed by atoms with Crippen LogP contribution in [-0.2, 0) is 9.53 Å². The van der Waals surface area contributed by atoms with Gasteiger partial charge in [-0.2, -0.15) is 0 Å². The van der Waals surface area contributed by atoms with Crippen LogP contribution in [0.25, 0.3) is 11.3 Å². The molecule has 0 aromatic heterocycles. The first-order chi connectivity index (χ1) is 11.3. The number of rotatable bonds is 3. The number of carbonyl (C=O) groups is 1. The first-order valence-electron chi connectivity index (χ1n) is 7.41. The Labute approximate surface area is 153 Å². The van der Waals surface area contributed by atoms with Gasteiger partial charge in [0.05, 0.1) is 5.57 Å². The van der Waals surface area contributed by atoms with Gasteiger partial charge in [0.1, 0.15) is 11.6 Å². The Kier molecular flexibility index (Phi) is 4.58. The molecule has 0 amide bonds. The molecule has 2 aromatic rings. The van der Waals surface area contributed by atoms with Crippen molar-refractivity contribution in [2.75, 3.05) is 6.26 Å². The summed E-state index contributed by atoms with van der Waals surface area (Å²) >= 11 is 5.17. The molecule has 0 saturated carbocycles. The average Bonchev–Trinajstić information content (AvgIpc) is 2.77. The molecule has 0 saturated heterocycles. The highest BCUT2D eigenvalue weighted by molar-refractivity contribution is 9.10. The van der Waals surface area contributed by atoms with E-state index in [2.05, 4.69) is 15.9 Å². The predicted molar refractivity (Wildman–Crippen MR) is 99.3 cm³/mol. The van der Waals surface area contributed by atoms with E-state index in [1.807, 2.05) is 24.5 Å². The number of halogens is 2. The highest BCUT2D eigenvalue weighted by Crippen LogP contribution is 2.42. The normalized spacial score (nSPS) is 16.5. The summed E-state index contributed by atoms with van der Waals surface area (Å²) in [5.74, 6) is -0.0344. The third kappa shape index (κ3) is 3.03. The first kappa shape index (κ1) is 17.2. The Morgan fingerprint density at radius 1 is 1.12 bits per heavy atom. The molecule has 0 fully saturated rings. The molecule has 0 aliphatic carbocycles. The molecule has 0 bridgehead atoms. The topological polar surface area (TPSA) is 26.3 Å². The Morgan fingerprint density at radius 3 is 2.50 bits per heavy atom. The molecular weight excluding hydrogens is 391 g/mol. The summed E-state index contributed by atoms with van der Waals surface area (Å²) < 4.78 is 20.5. The van der Waals surface area contributed by atoms with Crippen LogP contribution in [-0.4, -0.2) is 17.6 Å². The van der Waals surface area contributed by atoms with Gasteiger partial charge in [-0.05, 0) is 65.9 Å². The maximum Gasteiger partial charge on any atom is 0.210 e. The van der Waals surface area contributed by atoms with Gasteiger partial charge in [-0.1, -0.05) is 18.2 Å². The standard InChI is InChI=1S/C19H16BrFO2S/c1-19(2)18(22)16(11-5-4-6-13(21)9-11)17(23-19)12-7-8-15(24-3)14(20)10-12/h4-10H,1-3H3. The minimum atomic E-state index is -0.971. The van der Waals surface area contributed by atoms with Crippen molar-refractivity contribution in [2.24, 2.45) is 0 Å². The summed E-state index contributed by atoms with van der Waals surface area (Å²) in [6.07, 6.45) is 2.00.